The Kier molecular flexibility index (Phi) is 4.73. The van der Waals surface area contributed by atoms with Gasteiger partial charge in [-0.2, -0.15) is 0 Å². The quantitative estimate of drug-likeness (QED) is 0.833. The maximum atomic E-state index is 11.6. The molecule has 1 aromatic heterocycles. The van der Waals surface area contributed by atoms with Crippen LogP contribution < -0.4 is 11.1 Å². The Balaban J connectivity index is 2.03. The maximum absolute atomic E-state index is 11.6. The molecule has 0 spiro atoms. The van der Waals surface area contributed by atoms with Crippen molar-refractivity contribution in [3.05, 3.63) is 4.88 Å². The summed E-state index contributed by atoms with van der Waals surface area (Å²) in [6, 6.07) is 0.328. The van der Waals surface area contributed by atoms with Crippen LogP contribution in [0.3, 0.4) is 0 Å². The molecule has 2 heterocycles. The molecule has 6 nitrogen and oxygen atoms in total. The van der Waals surface area contributed by atoms with Gasteiger partial charge in [-0.05, 0) is 40.2 Å². The summed E-state index contributed by atoms with van der Waals surface area (Å²) in [6.07, 6.45) is 2.25. The number of nitrogen functional groups attached to an aromatic ring is 1. The summed E-state index contributed by atoms with van der Waals surface area (Å²) >= 11 is 1.25. The standard InChI is InChI=1S/C14H24N4O2S/c1-14(2,3)18-7-5-6-9(8-18)16-13-17-11(15)10(21-13)12(19)20-4/h9H,5-8,15H2,1-4H3,(H,16,17). The second kappa shape index (κ2) is 6.19. The van der Waals surface area contributed by atoms with Gasteiger partial charge in [0.25, 0.3) is 0 Å². The largest absolute Gasteiger partial charge is 0.465 e. The zero-order chi connectivity index (χ0) is 15.6. The minimum absolute atomic E-state index is 0.166. The summed E-state index contributed by atoms with van der Waals surface area (Å²) in [5.41, 5.74) is 5.93. The van der Waals surface area contributed by atoms with E-state index in [9.17, 15) is 4.79 Å². The lowest BCUT2D eigenvalue weighted by Crippen LogP contribution is -2.50. The van der Waals surface area contributed by atoms with E-state index in [2.05, 4.69) is 36.0 Å². The van der Waals surface area contributed by atoms with Crippen LogP contribution in [0.4, 0.5) is 10.9 Å². The minimum Gasteiger partial charge on any atom is -0.465 e. The highest BCUT2D eigenvalue weighted by Crippen LogP contribution is 2.28. The maximum Gasteiger partial charge on any atom is 0.351 e. The van der Waals surface area contributed by atoms with Gasteiger partial charge >= 0.3 is 5.97 Å². The van der Waals surface area contributed by atoms with E-state index < -0.39 is 5.97 Å². The summed E-state index contributed by atoms with van der Waals surface area (Å²) in [5.74, 6) is -0.198. The lowest BCUT2D eigenvalue weighted by atomic mass is 9.98. The molecule has 0 amide bonds. The number of methoxy groups -OCH3 is 1. The first-order chi connectivity index (χ1) is 9.81. The number of carbonyl (C=O) groups excluding carboxylic acids is 1. The second-order valence-electron chi connectivity index (χ2n) is 6.33. The van der Waals surface area contributed by atoms with Crippen molar-refractivity contribution in [2.75, 3.05) is 31.2 Å². The number of thiazole rings is 1. The van der Waals surface area contributed by atoms with Crippen molar-refractivity contribution in [1.82, 2.24) is 9.88 Å². The van der Waals surface area contributed by atoms with Crippen molar-refractivity contribution >= 4 is 28.3 Å². The number of carbonyl (C=O) groups is 1. The summed E-state index contributed by atoms with van der Waals surface area (Å²) in [7, 11) is 1.34. The fourth-order valence-electron chi connectivity index (χ4n) is 2.51. The Labute approximate surface area is 129 Å². The SMILES string of the molecule is COC(=O)c1sc(NC2CCCN(C(C)(C)C)C2)nc1N. The molecule has 21 heavy (non-hydrogen) atoms. The van der Waals surface area contributed by atoms with Crippen molar-refractivity contribution in [2.45, 2.75) is 45.2 Å². The molecule has 0 aliphatic carbocycles. The van der Waals surface area contributed by atoms with E-state index in [0.717, 1.165) is 25.9 Å². The van der Waals surface area contributed by atoms with Gasteiger partial charge in [0, 0.05) is 18.1 Å². The average Bonchev–Trinajstić information content (AvgIpc) is 2.78. The smallest absolute Gasteiger partial charge is 0.351 e. The Bertz CT molecular complexity index is 510. The van der Waals surface area contributed by atoms with Gasteiger partial charge in [0.05, 0.1) is 7.11 Å². The zero-order valence-corrected chi connectivity index (χ0v) is 13.9. The highest BCUT2D eigenvalue weighted by Gasteiger charge is 2.28. The number of nitrogens with zero attached hydrogens (tertiary/aromatic N) is 2. The third-order valence-corrected chi connectivity index (χ3v) is 4.70. The van der Waals surface area contributed by atoms with Gasteiger partial charge in [-0.25, -0.2) is 9.78 Å². The van der Waals surface area contributed by atoms with E-state index in [-0.39, 0.29) is 11.4 Å². The minimum atomic E-state index is -0.432. The van der Waals surface area contributed by atoms with Gasteiger partial charge in [0.2, 0.25) is 0 Å². The molecule has 1 aliphatic heterocycles. The Morgan fingerprint density at radius 1 is 1.52 bits per heavy atom. The second-order valence-corrected chi connectivity index (χ2v) is 7.32. The molecule has 118 valence electrons. The third-order valence-electron chi connectivity index (χ3n) is 3.72. The van der Waals surface area contributed by atoms with Crippen LogP contribution in [0.5, 0.6) is 0 Å². The number of ether oxygens (including phenoxy) is 1. The molecule has 7 heteroatoms. The first-order valence-corrected chi connectivity index (χ1v) is 7.99. The predicted octanol–water partition coefficient (Wildman–Crippen LogP) is 2.19. The number of hydrogen-bond acceptors (Lipinski definition) is 7. The lowest BCUT2D eigenvalue weighted by molar-refractivity contribution is 0.0607. The predicted molar refractivity (Wildman–Crippen MR) is 85.8 cm³/mol. The van der Waals surface area contributed by atoms with Crippen LogP contribution in [0.15, 0.2) is 0 Å². The number of likely N-dealkylation sites (tertiary alicyclic amines) is 1. The number of hydrogen-bond donors (Lipinski definition) is 2. The highest BCUT2D eigenvalue weighted by atomic mass is 32.1. The molecule has 3 N–H and O–H groups in total. The monoisotopic (exact) mass is 312 g/mol. The molecule has 1 atom stereocenters. The van der Waals surface area contributed by atoms with Crippen LogP contribution in [-0.2, 0) is 4.74 Å². The molecule has 1 fully saturated rings. The number of esters is 1. The van der Waals surface area contributed by atoms with Crippen LogP contribution in [0, 0.1) is 0 Å². The Morgan fingerprint density at radius 3 is 2.86 bits per heavy atom. The van der Waals surface area contributed by atoms with Gasteiger partial charge in [-0.3, -0.25) is 4.90 Å². The van der Waals surface area contributed by atoms with E-state index in [1.165, 1.54) is 18.4 Å². The molecule has 2 rings (SSSR count). The first-order valence-electron chi connectivity index (χ1n) is 7.17. The molecule has 0 aromatic carbocycles. The Hall–Kier alpha value is -1.34. The summed E-state index contributed by atoms with van der Waals surface area (Å²) in [4.78, 5) is 18.6. The molecule has 0 saturated carbocycles. The van der Waals surface area contributed by atoms with E-state index in [0.29, 0.717) is 16.1 Å². The molecule has 1 aromatic rings. The molecule has 1 saturated heterocycles. The lowest BCUT2D eigenvalue weighted by Gasteiger charge is -2.41. The Morgan fingerprint density at radius 2 is 2.24 bits per heavy atom. The molecular formula is C14H24N4O2S. The van der Waals surface area contributed by atoms with Crippen LogP contribution in [0.2, 0.25) is 0 Å². The van der Waals surface area contributed by atoms with Gasteiger partial charge in [-0.15, -0.1) is 0 Å². The number of nitrogens with two attached hydrogens (primary N) is 1. The topological polar surface area (TPSA) is 80.5 Å². The average molecular weight is 312 g/mol. The van der Waals surface area contributed by atoms with Crippen LogP contribution >= 0.6 is 11.3 Å². The third kappa shape index (κ3) is 3.85. The van der Waals surface area contributed by atoms with Gasteiger partial charge in [-0.1, -0.05) is 11.3 Å². The zero-order valence-electron chi connectivity index (χ0n) is 13.1. The van der Waals surface area contributed by atoms with E-state index >= 15 is 0 Å². The van der Waals surface area contributed by atoms with Gasteiger partial charge in [0.15, 0.2) is 15.8 Å². The normalized spacial score (nSPS) is 20.3. The summed E-state index contributed by atoms with van der Waals surface area (Å²) in [5, 5.41) is 4.09. The highest BCUT2D eigenvalue weighted by molar-refractivity contribution is 7.17. The van der Waals surface area contributed by atoms with Crippen molar-refractivity contribution in [1.29, 1.82) is 0 Å². The molecule has 1 aliphatic rings. The fraction of sp³-hybridized carbons (Fsp3) is 0.714. The van der Waals surface area contributed by atoms with Crippen molar-refractivity contribution in [2.24, 2.45) is 0 Å². The fourth-order valence-corrected chi connectivity index (χ4v) is 3.39. The van der Waals surface area contributed by atoms with Crippen molar-refractivity contribution in [3.8, 4) is 0 Å². The van der Waals surface area contributed by atoms with E-state index in [4.69, 9.17) is 10.5 Å². The summed E-state index contributed by atoms with van der Waals surface area (Å²) < 4.78 is 4.70. The molecule has 0 bridgehead atoms. The van der Waals surface area contributed by atoms with Crippen LogP contribution in [-0.4, -0.2) is 47.6 Å². The number of rotatable bonds is 3. The van der Waals surface area contributed by atoms with Gasteiger partial charge in [0.1, 0.15) is 0 Å². The molecule has 1 unspecified atom stereocenters. The first kappa shape index (κ1) is 16.0. The number of nitrogens with one attached hydrogen (secondary N) is 1. The summed E-state index contributed by atoms with van der Waals surface area (Å²) in [6.45, 7) is 8.77. The number of aromatic nitrogens is 1. The number of anilines is 2. The van der Waals surface area contributed by atoms with Crippen molar-refractivity contribution < 1.29 is 9.53 Å². The molecular weight excluding hydrogens is 288 g/mol. The van der Waals surface area contributed by atoms with E-state index in [1.54, 1.807) is 0 Å². The van der Waals surface area contributed by atoms with Crippen LogP contribution in [0.1, 0.15) is 43.3 Å². The van der Waals surface area contributed by atoms with Crippen LogP contribution in [0.25, 0.3) is 0 Å². The van der Waals surface area contributed by atoms with E-state index in [1.807, 2.05) is 0 Å². The number of piperidine rings is 1. The molecule has 0 radical (unpaired) electrons. The van der Waals surface area contributed by atoms with Gasteiger partial charge < -0.3 is 15.8 Å². The van der Waals surface area contributed by atoms with Crippen molar-refractivity contribution in [3.63, 3.8) is 0 Å².